The van der Waals surface area contributed by atoms with Crippen LogP contribution in [0, 0.1) is 0 Å². The van der Waals surface area contributed by atoms with Crippen LogP contribution in [0.1, 0.15) is 18.5 Å². The molecule has 0 saturated carbocycles. The molecule has 148 valence electrons. The van der Waals surface area contributed by atoms with Crippen LogP contribution in [0.15, 0.2) is 29.5 Å². The molecule has 2 amide bonds. The molecule has 1 atom stereocenters. The lowest BCUT2D eigenvalue weighted by molar-refractivity contribution is -0.136. The molecule has 0 unspecified atom stereocenters. The Morgan fingerprint density at radius 2 is 1.89 bits per heavy atom. The van der Waals surface area contributed by atoms with Crippen LogP contribution in [0.5, 0.6) is 5.75 Å². The van der Waals surface area contributed by atoms with Crippen LogP contribution in [0.3, 0.4) is 0 Å². The summed E-state index contributed by atoms with van der Waals surface area (Å²) >= 11 is 11.8. The summed E-state index contributed by atoms with van der Waals surface area (Å²) in [5.74, 6) is 0.970. The van der Waals surface area contributed by atoms with Crippen molar-refractivity contribution >= 4 is 40.9 Å². The predicted octanol–water partition coefficient (Wildman–Crippen LogP) is 2.78. The van der Waals surface area contributed by atoms with Gasteiger partial charge >= 0.3 is 12.0 Å². The van der Waals surface area contributed by atoms with E-state index in [1.54, 1.807) is 20.1 Å². The van der Waals surface area contributed by atoms with Gasteiger partial charge in [0.15, 0.2) is 0 Å². The Morgan fingerprint density at radius 3 is 2.44 bits per heavy atom. The van der Waals surface area contributed by atoms with E-state index in [1.165, 1.54) is 7.11 Å². The van der Waals surface area contributed by atoms with Crippen molar-refractivity contribution in [2.75, 3.05) is 44.0 Å². The summed E-state index contributed by atoms with van der Waals surface area (Å²) in [5.41, 5.74) is 2.32. The Bertz CT molecular complexity index is 733. The quantitative estimate of drug-likeness (QED) is 0.503. The number of carbonyl (C=O) groups excluding carboxylic acids is 2. The molecule has 1 heterocycles. The highest BCUT2D eigenvalue weighted by Crippen LogP contribution is 2.35. The number of alkyl halides is 2. The van der Waals surface area contributed by atoms with Gasteiger partial charge in [-0.25, -0.2) is 9.59 Å². The van der Waals surface area contributed by atoms with Crippen molar-refractivity contribution in [3.05, 3.63) is 35.0 Å². The second-order valence-electron chi connectivity index (χ2n) is 5.86. The molecule has 0 bridgehead atoms. The zero-order valence-corrected chi connectivity index (χ0v) is 17.0. The van der Waals surface area contributed by atoms with Crippen LogP contribution in [0.2, 0.25) is 0 Å². The maximum absolute atomic E-state index is 12.2. The lowest BCUT2D eigenvalue weighted by Gasteiger charge is -2.29. The molecule has 1 aliphatic heterocycles. The molecule has 0 aromatic heterocycles. The topological polar surface area (TPSA) is 79.9 Å². The number of carbonyl (C=O) groups is 2. The average Bonchev–Trinajstić information content (AvgIpc) is 2.66. The number of ether oxygens (including phenoxy) is 2. The van der Waals surface area contributed by atoms with Crippen LogP contribution in [0.25, 0.3) is 0 Å². The zero-order valence-electron chi connectivity index (χ0n) is 15.5. The number of methoxy groups -OCH3 is 2. The van der Waals surface area contributed by atoms with Gasteiger partial charge in [0.1, 0.15) is 5.75 Å². The summed E-state index contributed by atoms with van der Waals surface area (Å²) < 4.78 is 10.4. The standard InChI is InChI=1S/C18H23Cl2N3O4/c1-11-15(17(24)27-3)16(22-18(25)21-11)12-4-5-13(14(10-12)26-2)23(8-6-19)9-7-20/h4-5,10,16H,6-9H2,1-3H3,(H2,21,22,25)/t16-/m1/s1. The third kappa shape index (κ3) is 4.78. The maximum atomic E-state index is 12.2. The van der Waals surface area contributed by atoms with E-state index in [4.69, 9.17) is 32.7 Å². The van der Waals surface area contributed by atoms with Gasteiger partial charge in [0.25, 0.3) is 0 Å². The van der Waals surface area contributed by atoms with Crippen LogP contribution in [-0.2, 0) is 9.53 Å². The van der Waals surface area contributed by atoms with Crippen LogP contribution in [0.4, 0.5) is 10.5 Å². The third-order valence-electron chi connectivity index (χ3n) is 4.26. The fourth-order valence-corrected chi connectivity index (χ4v) is 3.42. The molecule has 9 heteroatoms. The minimum atomic E-state index is -0.649. The van der Waals surface area contributed by atoms with E-state index < -0.39 is 12.0 Å². The molecular formula is C18H23Cl2N3O4. The molecule has 0 fully saturated rings. The van der Waals surface area contributed by atoms with Gasteiger partial charge in [-0.05, 0) is 24.6 Å². The first-order chi connectivity index (χ1) is 13.0. The summed E-state index contributed by atoms with van der Waals surface area (Å²) in [7, 11) is 2.86. The first kappa shape index (κ1) is 21.2. The highest BCUT2D eigenvalue weighted by Gasteiger charge is 2.32. The number of esters is 1. The van der Waals surface area contributed by atoms with E-state index in [-0.39, 0.29) is 6.03 Å². The molecule has 27 heavy (non-hydrogen) atoms. The molecule has 7 nitrogen and oxygen atoms in total. The summed E-state index contributed by atoms with van der Waals surface area (Å²) in [5, 5.41) is 5.35. The number of amides is 2. The van der Waals surface area contributed by atoms with Gasteiger partial charge in [0.05, 0.1) is 31.5 Å². The molecule has 1 aliphatic rings. The van der Waals surface area contributed by atoms with E-state index in [1.807, 2.05) is 17.0 Å². The van der Waals surface area contributed by atoms with Crippen molar-refractivity contribution in [1.29, 1.82) is 0 Å². The molecular weight excluding hydrogens is 393 g/mol. The van der Waals surface area contributed by atoms with E-state index in [2.05, 4.69) is 10.6 Å². The fourth-order valence-electron chi connectivity index (χ4n) is 3.02. The SMILES string of the molecule is COC(=O)C1=C(C)NC(=O)N[C@@H]1c1ccc(N(CCCl)CCCl)c(OC)c1. The van der Waals surface area contributed by atoms with Gasteiger partial charge in [-0.3, -0.25) is 0 Å². The number of nitrogens with one attached hydrogen (secondary N) is 2. The van der Waals surface area contributed by atoms with Crippen molar-refractivity contribution in [3.8, 4) is 5.75 Å². The lowest BCUT2D eigenvalue weighted by atomic mass is 9.95. The molecule has 2 N–H and O–H groups in total. The second-order valence-corrected chi connectivity index (χ2v) is 6.61. The smallest absolute Gasteiger partial charge is 0.337 e. The van der Waals surface area contributed by atoms with Crippen LogP contribution in [-0.4, -0.2) is 51.1 Å². The van der Waals surface area contributed by atoms with Gasteiger partial charge in [0, 0.05) is 30.5 Å². The molecule has 2 rings (SSSR count). The monoisotopic (exact) mass is 415 g/mol. The Morgan fingerprint density at radius 1 is 1.22 bits per heavy atom. The van der Waals surface area contributed by atoms with Crippen LogP contribution < -0.4 is 20.3 Å². The second kappa shape index (κ2) is 9.71. The molecule has 0 saturated heterocycles. The first-order valence-electron chi connectivity index (χ1n) is 8.38. The normalized spacial score (nSPS) is 16.5. The van der Waals surface area contributed by atoms with Gasteiger partial charge in [-0.1, -0.05) is 6.07 Å². The first-order valence-corrected chi connectivity index (χ1v) is 9.45. The Kier molecular flexibility index (Phi) is 7.62. The highest BCUT2D eigenvalue weighted by atomic mass is 35.5. The van der Waals surface area contributed by atoms with Crippen molar-refractivity contribution in [3.63, 3.8) is 0 Å². The third-order valence-corrected chi connectivity index (χ3v) is 4.60. The van der Waals surface area contributed by atoms with Crippen molar-refractivity contribution < 1.29 is 19.1 Å². The van der Waals surface area contributed by atoms with Crippen molar-refractivity contribution in [2.45, 2.75) is 13.0 Å². The number of rotatable bonds is 8. The van der Waals surface area contributed by atoms with E-state index in [0.717, 1.165) is 5.69 Å². The van der Waals surface area contributed by atoms with Gasteiger partial charge < -0.3 is 25.0 Å². The number of benzene rings is 1. The number of allylic oxidation sites excluding steroid dienone is 1. The summed E-state index contributed by atoms with van der Waals surface area (Å²) in [6, 6.07) is 4.45. The summed E-state index contributed by atoms with van der Waals surface area (Å²) in [6.45, 7) is 2.88. The fraction of sp³-hybridized carbons (Fsp3) is 0.444. The molecule has 0 radical (unpaired) electrons. The number of nitrogens with zero attached hydrogens (tertiary/aromatic N) is 1. The number of halogens is 2. The maximum Gasteiger partial charge on any atom is 0.337 e. The van der Waals surface area contributed by atoms with E-state index in [9.17, 15) is 9.59 Å². The molecule has 0 aliphatic carbocycles. The van der Waals surface area contributed by atoms with Gasteiger partial charge in [-0.2, -0.15) is 0 Å². The van der Waals surface area contributed by atoms with E-state index in [0.29, 0.717) is 47.4 Å². The van der Waals surface area contributed by atoms with Crippen molar-refractivity contribution in [2.24, 2.45) is 0 Å². The van der Waals surface area contributed by atoms with E-state index >= 15 is 0 Å². The summed E-state index contributed by atoms with van der Waals surface area (Å²) in [4.78, 5) is 26.2. The summed E-state index contributed by atoms with van der Waals surface area (Å²) in [6.07, 6.45) is 0. The van der Waals surface area contributed by atoms with Gasteiger partial charge in [0.2, 0.25) is 0 Å². The van der Waals surface area contributed by atoms with Gasteiger partial charge in [-0.15, -0.1) is 23.2 Å². The molecule has 0 spiro atoms. The Labute approximate surface area is 168 Å². The minimum absolute atomic E-state index is 0.338. The minimum Gasteiger partial charge on any atom is -0.495 e. The lowest BCUT2D eigenvalue weighted by Crippen LogP contribution is -2.45. The number of hydrogen-bond acceptors (Lipinski definition) is 5. The zero-order chi connectivity index (χ0) is 20.0. The Hall–Kier alpha value is -2.12. The average molecular weight is 416 g/mol. The number of hydrogen-bond donors (Lipinski definition) is 2. The predicted molar refractivity (Wildman–Crippen MR) is 106 cm³/mol. The highest BCUT2D eigenvalue weighted by molar-refractivity contribution is 6.18. The Balaban J connectivity index is 2.47. The largest absolute Gasteiger partial charge is 0.495 e. The molecule has 1 aromatic carbocycles. The number of urea groups is 1. The van der Waals surface area contributed by atoms with Crippen LogP contribution >= 0.6 is 23.2 Å². The van der Waals surface area contributed by atoms with Crippen molar-refractivity contribution in [1.82, 2.24) is 10.6 Å². The number of anilines is 1. The molecule has 1 aromatic rings.